The summed E-state index contributed by atoms with van der Waals surface area (Å²) in [5, 5.41) is 13.0. The summed E-state index contributed by atoms with van der Waals surface area (Å²) in [6.45, 7) is 9.82. The van der Waals surface area contributed by atoms with Crippen molar-refractivity contribution >= 4 is 0 Å². The molecule has 12 heavy (non-hydrogen) atoms. The van der Waals surface area contributed by atoms with Crippen molar-refractivity contribution in [3.05, 3.63) is 0 Å². The van der Waals surface area contributed by atoms with Gasteiger partial charge in [-0.25, -0.2) is 0 Å². The van der Waals surface area contributed by atoms with Gasteiger partial charge in [0.1, 0.15) is 0 Å². The first kappa shape index (κ1) is 9.96. The molecule has 1 rings (SSSR count). The maximum Gasteiger partial charge on any atom is 0.0718 e. The van der Waals surface area contributed by atoms with E-state index in [0.717, 1.165) is 26.2 Å². The molecule has 3 heteroatoms. The highest BCUT2D eigenvalue weighted by Gasteiger charge is 2.23. The molecule has 1 fully saturated rings. The Morgan fingerprint density at radius 3 is 2.75 bits per heavy atom. The second kappa shape index (κ2) is 3.73. The molecule has 0 amide bonds. The SMILES string of the molecule is C[C@@H]1CNCCN1CC(C)(C)O. The van der Waals surface area contributed by atoms with Crippen LogP contribution in [0.15, 0.2) is 0 Å². The molecule has 0 radical (unpaired) electrons. The lowest BCUT2D eigenvalue weighted by atomic mass is 10.1. The van der Waals surface area contributed by atoms with E-state index in [1.165, 1.54) is 0 Å². The van der Waals surface area contributed by atoms with Crippen LogP contribution >= 0.6 is 0 Å². The molecular weight excluding hydrogens is 152 g/mol. The molecule has 0 bridgehead atoms. The van der Waals surface area contributed by atoms with Crippen molar-refractivity contribution in [3.8, 4) is 0 Å². The number of β-amino-alcohol motifs (C(OH)–C–C–N with tert-alkyl or cyclic N) is 1. The number of piperazine rings is 1. The van der Waals surface area contributed by atoms with Crippen LogP contribution in [0.5, 0.6) is 0 Å². The molecule has 1 heterocycles. The van der Waals surface area contributed by atoms with Gasteiger partial charge in [-0.3, -0.25) is 4.90 Å². The molecule has 0 saturated carbocycles. The number of hydrogen-bond acceptors (Lipinski definition) is 3. The van der Waals surface area contributed by atoms with Crippen molar-refractivity contribution in [2.75, 3.05) is 26.2 Å². The summed E-state index contributed by atoms with van der Waals surface area (Å²) in [6, 6.07) is 0.546. The summed E-state index contributed by atoms with van der Waals surface area (Å²) in [5.74, 6) is 0. The zero-order valence-corrected chi connectivity index (χ0v) is 8.30. The fourth-order valence-corrected chi connectivity index (χ4v) is 1.61. The van der Waals surface area contributed by atoms with Crippen LogP contribution in [-0.4, -0.2) is 47.8 Å². The van der Waals surface area contributed by atoms with E-state index in [1.54, 1.807) is 0 Å². The first-order chi connectivity index (χ1) is 5.49. The van der Waals surface area contributed by atoms with Crippen molar-refractivity contribution in [3.63, 3.8) is 0 Å². The first-order valence-electron chi connectivity index (χ1n) is 4.66. The van der Waals surface area contributed by atoms with Gasteiger partial charge >= 0.3 is 0 Å². The number of rotatable bonds is 2. The van der Waals surface area contributed by atoms with Crippen molar-refractivity contribution in [1.29, 1.82) is 0 Å². The molecule has 1 aliphatic rings. The van der Waals surface area contributed by atoms with Crippen LogP contribution in [0.25, 0.3) is 0 Å². The molecule has 0 aromatic heterocycles. The number of nitrogens with zero attached hydrogens (tertiary/aromatic N) is 1. The van der Waals surface area contributed by atoms with E-state index >= 15 is 0 Å². The highest BCUT2D eigenvalue weighted by Crippen LogP contribution is 2.09. The van der Waals surface area contributed by atoms with Gasteiger partial charge in [0, 0.05) is 32.2 Å². The van der Waals surface area contributed by atoms with E-state index in [2.05, 4.69) is 17.1 Å². The third-order valence-corrected chi connectivity index (χ3v) is 2.23. The molecular formula is C9H20N2O. The van der Waals surface area contributed by atoms with Gasteiger partial charge in [0.05, 0.1) is 5.60 Å². The predicted molar refractivity (Wildman–Crippen MR) is 50.2 cm³/mol. The average molecular weight is 172 g/mol. The first-order valence-corrected chi connectivity index (χ1v) is 4.66. The van der Waals surface area contributed by atoms with Crippen LogP contribution in [0.4, 0.5) is 0 Å². The number of nitrogens with one attached hydrogen (secondary N) is 1. The topological polar surface area (TPSA) is 35.5 Å². The molecule has 3 nitrogen and oxygen atoms in total. The van der Waals surface area contributed by atoms with E-state index < -0.39 is 5.60 Å². The molecule has 1 aliphatic heterocycles. The Morgan fingerprint density at radius 2 is 2.25 bits per heavy atom. The van der Waals surface area contributed by atoms with Crippen LogP contribution in [0.2, 0.25) is 0 Å². The van der Waals surface area contributed by atoms with Gasteiger partial charge < -0.3 is 10.4 Å². The summed E-state index contributed by atoms with van der Waals surface area (Å²) in [4.78, 5) is 2.33. The summed E-state index contributed by atoms with van der Waals surface area (Å²) >= 11 is 0. The van der Waals surface area contributed by atoms with Gasteiger partial charge in [-0.2, -0.15) is 0 Å². The minimum absolute atomic E-state index is 0.546. The standard InChI is InChI=1S/C9H20N2O/c1-8-6-10-4-5-11(8)7-9(2,3)12/h8,10,12H,4-7H2,1-3H3/t8-/m1/s1. The predicted octanol–water partition coefficient (Wildman–Crippen LogP) is 0.0510. The minimum atomic E-state index is -0.564. The number of hydrogen-bond donors (Lipinski definition) is 2. The zero-order chi connectivity index (χ0) is 9.19. The lowest BCUT2D eigenvalue weighted by Crippen LogP contribution is -2.53. The Kier molecular flexibility index (Phi) is 3.09. The van der Waals surface area contributed by atoms with Gasteiger partial charge in [0.2, 0.25) is 0 Å². The summed E-state index contributed by atoms with van der Waals surface area (Å²) in [6.07, 6.45) is 0. The maximum atomic E-state index is 9.63. The lowest BCUT2D eigenvalue weighted by Gasteiger charge is -2.37. The summed E-state index contributed by atoms with van der Waals surface area (Å²) in [7, 11) is 0. The maximum absolute atomic E-state index is 9.63. The van der Waals surface area contributed by atoms with Gasteiger partial charge in [-0.05, 0) is 20.8 Å². The Balaban J connectivity index is 2.39. The third kappa shape index (κ3) is 3.09. The third-order valence-electron chi connectivity index (χ3n) is 2.23. The van der Waals surface area contributed by atoms with Crippen LogP contribution in [-0.2, 0) is 0 Å². The molecule has 2 N–H and O–H groups in total. The fourth-order valence-electron chi connectivity index (χ4n) is 1.61. The highest BCUT2D eigenvalue weighted by molar-refractivity contribution is 4.81. The Hall–Kier alpha value is -0.120. The van der Waals surface area contributed by atoms with Gasteiger partial charge in [0.15, 0.2) is 0 Å². The normalized spacial score (nSPS) is 27.5. The van der Waals surface area contributed by atoms with E-state index in [9.17, 15) is 5.11 Å². The van der Waals surface area contributed by atoms with Crippen molar-refractivity contribution < 1.29 is 5.11 Å². The van der Waals surface area contributed by atoms with Crippen LogP contribution in [0.1, 0.15) is 20.8 Å². The fraction of sp³-hybridized carbons (Fsp3) is 1.00. The average Bonchev–Trinajstić information content (AvgIpc) is 1.91. The van der Waals surface area contributed by atoms with Crippen molar-refractivity contribution in [2.45, 2.75) is 32.4 Å². The van der Waals surface area contributed by atoms with E-state index in [-0.39, 0.29) is 0 Å². The Labute approximate surface area is 74.8 Å². The van der Waals surface area contributed by atoms with Crippen LogP contribution in [0, 0.1) is 0 Å². The molecule has 0 aliphatic carbocycles. The van der Waals surface area contributed by atoms with E-state index in [4.69, 9.17) is 0 Å². The molecule has 1 atom stereocenters. The minimum Gasteiger partial charge on any atom is -0.389 e. The highest BCUT2D eigenvalue weighted by atomic mass is 16.3. The monoisotopic (exact) mass is 172 g/mol. The largest absolute Gasteiger partial charge is 0.389 e. The van der Waals surface area contributed by atoms with E-state index in [0.29, 0.717) is 6.04 Å². The zero-order valence-electron chi connectivity index (χ0n) is 8.30. The summed E-state index contributed by atoms with van der Waals surface area (Å²) < 4.78 is 0. The van der Waals surface area contributed by atoms with Crippen LogP contribution in [0.3, 0.4) is 0 Å². The lowest BCUT2D eigenvalue weighted by molar-refractivity contribution is 0.0171. The van der Waals surface area contributed by atoms with Crippen molar-refractivity contribution in [1.82, 2.24) is 10.2 Å². The van der Waals surface area contributed by atoms with Crippen molar-refractivity contribution in [2.24, 2.45) is 0 Å². The second-order valence-corrected chi connectivity index (χ2v) is 4.34. The summed E-state index contributed by atoms with van der Waals surface area (Å²) in [5.41, 5.74) is -0.564. The molecule has 0 aromatic carbocycles. The quantitative estimate of drug-likeness (QED) is 0.618. The second-order valence-electron chi connectivity index (χ2n) is 4.34. The van der Waals surface area contributed by atoms with Crippen LogP contribution < -0.4 is 5.32 Å². The molecule has 0 aromatic rings. The molecule has 0 spiro atoms. The number of aliphatic hydroxyl groups is 1. The van der Waals surface area contributed by atoms with Gasteiger partial charge in [-0.15, -0.1) is 0 Å². The smallest absolute Gasteiger partial charge is 0.0718 e. The van der Waals surface area contributed by atoms with Gasteiger partial charge in [0.25, 0.3) is 0 Å². The molecule has 72 valence electrons. The van der Waals surface area contributed by atoms with E-state index in [1.807, 2.05) is 13.8 Å². The Bertz CT molecular complexity index is 142. The molecule has 1 saturated heterocycles. The molecule has 0 unspecified atom stereocenters. The van der Waals surface area contributed by atoms with Gasteiger partial charge in [-0.1, -0.05) is 0 Å². The Morgan fingerprint density at radius 1 is 1.58 bits per heavy atom.